The third-order valence-electron chi connectivity index (χ3n) is 4.39. The highest BCUT2D eigenvalue weighted by atomic mass is 16.6. The first kappa shape index (κ1) is 17.6. The molecule has 1 aromatic heterocycles. The van der Waals surface area contributed by atoms with Gasteiger partial charge in [0.25, 0.3) is 0 Å². The van der Waals surface area contributed by atoms with Crippen LogP contribution in [0.15, 0.2) is 36.4 Å². The van der Waals surface area contributed by atoms with E-state index in [1.165, 1.54) is 0 Å². The fourth-order valence-electron chi connectivity index (χ4n) is 3.20. The van der Waals surface area contributed by atoms with Crippen molar-refractivity contribution in [3.63, 3.8) is 0 Å². The summed E-state index contributed by atoms with van der Waals surface area (Å²) in [6.45, 7) is 2.65. The summed E-state index contributed by atoms with van der Waals surface area (Å²) in [5.74, 6) is 3.14. The number of aromatic nitrogens is 2. The Morgan fingerprint density at radius 1 is 1.11 bits per heavy atom. The van der Waals surface area contributed by atoms with Gasteiger partial charge in [0, 0.05) is 31.7 Å². The second-order valence-corrected chi connectivity index (χ2v) is 6.23. The monoisotopic (exact) mass is 369 g/mol. The summed E-state index contributed by atoms with van der Waals surface area (Å²) in [5.41, 5.74) is 8.60. The molecule has 1 aliphatic rings. The van der Waals surface area contributed by atoms with Gasteiger partial charge >= 0.3 is 0 Å². The molecule has 3 aromatic rings. The highest BCUT2D eigenvalue weighted by Crippen LogP contribution is 2.36. The topological polar surface area (TPSA) is 80.8 Å². The Kier molecular flexibility index (Phi) is 5.13. The van der Waals surface area contributed by atoms with E-state index in [0.29, 0.717) is 39.4 Å². The van der Waals surface area contributed by atoms with Crippen LogP contribution in [-0.2, 0) is 11.2 Å². The van der Waals surface area contributed by atoms with Gasteiger partial charge in [0.15, 0.2) is 11.5 Å². The number of nitrogens with zero attached hydrogens (tertiary/aromatic N) is 2. The molecule has 0 spiro atoms. The van der Waals surface area contributed by atoms with Gasteiger partial charge in [-0.05, 0) is 18.7 Å². The Morgan fingerprint density at radius 2 is 1.93 bits per heavy atom. The second-order valence-electron chi connectivity index (χ2n) is 6.23. The highest BCUT2D eigenvalue weighted by molar-refractivity contribution is 5.82. The molecule has 1 aliphatic heterocycles. The summed E-state index contributed by atoms with van der Waals surface area (Å²) in [6, 6.07) is 11.8. The van der Waals surface area contributed by atoms with E-state index < -0.39 is 0 Å². The van der Waals surface area contributed by atoms with Crippen LogP contribution in [0.1, 0.15) is 5.82 Å². The summed E-state index contributed by atoms with van der Waals surface area (Å²) >= 11 is 0. The average molecular weight is 369 g/mol. The molecule has 27 heavy (non-hydrogen) atoms. The normalized spacial score (nSPS) is 13.1. The Hall–Kier alpha value is -2.77. The number of benzene rings is 2. The van der Waals surface area contributed by atoms with E-state index in [1.54, 1.807) is 7.11 Å². The van der Waals surface area contributed by atoms with E-state index in [-0.39, 0.29) is 0 Å². The molecule has 142 valence electrons. The van der Waals surface area contributed by atoms with Crippen LogP contribution in [-0.4, -0.2) is 49.6 Å². The predicted octanol–water partition coefficient (Wildman–Crippen LogP) is 2.32. The van der Waals surface area contributed by atoms with Crippen molar-refractivity contribution in [2.24, 2.45) is 5.73 Å². The SMILES string of the molecule is COCCOc1cccc(-n2c(CCN)nc3cc4c(cc32)OCCO4)c1. The lowest BCUT2D eigenvalue weighted by Gasteiger charge is -2.18. The van der Waals surface area contributed by atoms with Gasteiger partial charge < -0.3 is 24.7 Å². The van der Waals surface area contributed by atoms with Crippen molar-refractivity contribution in [2.75, 3.05) is 40.1 Å². The molecular weight excluding hydrogens is 346 g/mol. The van der Waals surface area contributed by atoms with Gasteiger partial charge in [-0.1, -0.05) is 6.07 Å². The van der Waals surface area contributed by atoms with Gasteiger partial charge in [0.05, 0.1) is 23.3 Å². The maximum Gasteiger partial charge on any atom is 0.163 e. The maximum atomic E-state index is 5.82. The third kappa shape index (κ3) is 3.56. The van der Waals surface area contributed by atoms with Gasteiger partial charge in [-0.2, -0.15) is 0 Å². The Bertz CT molecular complexity index is 938. The van der Waals surface area contributed by atoms with E-state index >= 15 is 0 Å². The minimum atomic E-state index is 0.499. The molecule has 0 unspecified atom stereocenters. The van der Waals surface area contributed by atoms with Crippen LogP contribution < -0.4 is 19.9 Å². The predicted molar refractivity (Wildman–Crippen MR) is 102 cm³/mol. The standard InChI is InChI=1S/C20H23N3O4/c1-24-7-8-25-15-4-2-3-14(11-15)23-17-13-19-18(26-9-10-27-19)12-16(17)22-20(23)5-6-21/h2-4,11-13H,5-10,21H2,1H3. The molecule has 7 nitrogen and oxygen atoms in total. The molecule has 0 atom stereocenters. The first-order valence-corrected chi connectivity index (χ1v) is 9.03. The quantitative estimate of drug-likeness (QED) is 0.644. The van der Waals surface area contributed by atoms with Crippen LogP contribution in [0.3, 0.4) is 0 Å². The van der Waals surface area contributed by atoms with Crippen molar-refractivity contribution >= 4 is 11.0 Å². The molecule has 0 radical (unpaired) electrons. The van der Waals surface area contributed by atoms with E-state index in [2.05, 4.69) is 4.57 Å². The molecule has 0 saturated carbocycles. The molecule has 2 aromatic carbocycles. The van der Waals surface area contributed by atoms with Crippen LogP contribution in [0.5, 0.6) is 17.2 Å². The number of hydrogen-bond acceptors (Lipinski definition) is 6. The van der Waals surface area contributed by atoms with E-state index in [1.807, 2.05) is 36.4 Å². The highest BCUT2D eigenvalue weighted by Gasteiger charge is 2.19. The molecule has 4 rings (SSSR count). The molecule has 0 bridgehead atoms. The van der Waals surface area contributed by atoms with Crippen molar-refractivity contribution < 1.29 is 18.9 Å². The molecule has 2 N–H and O–H groups in total. The first-order chi connectivity index (χ1) is 13.3. The van der Waals surface area contributed by atoms with Gasteiger partial charge in [-0.15, -0.1) is 0 Å². The molecule has 7 heteroatoms. The molecule has 2 heterocycles. The number of imidazole rings is 1. The number of ether oxygens (including phenoxy) is 4. The summed E-state index contributed by atoms with van der Waals surface area (Å²) in [5, 5.41) is 0. The van der Waals surface area contributed by atoms with Gasteiger partial charge in [0.1, 0.15) is 31.4 Å². The molecule has 0 saturated heterocycles. The largest absolute Gasteiger partial charge is 0.491 e. The van der Waals surface area contributed by atoms with Gasteiger partial charge in [-0.3, -0.25) is 4.57 Å². The summed E-state index contributed by atoms with van der Waals surface area (Å²) in [6.07, 6.45) is 0.663. The summed E-state index contributed by atoms with van der Waals surface area (Å²) in [7, 11) is 1.66. The molecule has 0 aliphatic carbocycles. The lowest BCUT2D eigenvalue weighted by Crippen LogP contribution is -2.15. The number of nitrogens with two attached hydrogens (primary N) is 1. The third-order valence-corrected chi connectivity index (χ3v) is 4.39. The second kappa shape index (κ2) is 7.85. The number of methoxy groups -OCH3 is 1. The molecular formula is C20H23N3O4. The fourth-order valence-corrected chi connectivity index (χ4v) is 3.20. The number of rotatable bonds is 7. The van der Waals surface area contributed by atoms with Gasteiger partial charge in [-0.25, -0.2) is 4.98 Å². The van der Waals surface area contributed by atoms with Crippen LogP contribution in [0.2, 0.25) is 0 Å². The van der Waals surface area contributed by atoms with E-state index in [4.69, 9.17) is 29.7 Å². The van der Waals surface area contributed by atoms with E-state index in [0.717, 1.165) is 39.8 Å². The zero-order valence-electron chi connectivity index (χ0n) is 15.3. The fraction of sp³-hybridized carbons (Fsp3) is 0.350. The first-order valence-electron chi connectivity index (χ1n) is 9.03. The number of hydrogen-bond donors (Lipinski definition) is 1. The smallest absolute Gasteiger partial charge is 0.163 e. The van der Waals surface area contributed by atoms with Crippen LogP contribution >= 0.6 is 0 Å². The van der Waals surface area contributed by atoms with Crippen molar-refractivity contribution in [1.29, 1.82) is 0 Å². The van der Waals surface area contributed by atoms with Crippen molar-refractivity contribution in [3.8, 4) is 22.9 Å². The summed E-state index contributed by atoms with van der Waals surface area (Å²) in [4.78, 5) is 4.78. The Balaban J connectivity index is 1.79. The lowest BCUT2D eigenvalue weighted by molar-refractivity contribution is 0.146. The summed E-state index contributed by atoms with van der Waals surface area (Å²) < 4.78 is 24.3. The number of fused-ring (bicyclic) bond motifs is 2. The van der Waals surface area contributed by atoms with Gasteiger partial charge in [0.2, 0.25) is 0 Å². The zero-order chi connectivity index (χ0) is 18.6. The average Bonchev–Trinajstić information content (AvgIpc) is 3.03. The molecule has 0 amide bonds. The van der Waals surface area contributed by atoms with Crippen LogP contribution in [0, 0.1) is 0 Å². The minimum absolute atomic E-state index is 0.499. The van der Waals surface area contributed by atoms with Crippen molar-refractivity contribution in [3.05, 3.63) is 42.2 Å². The maximum absolute atomic E-state index is 5.82. The van der Waals surface area contributed by atoms with E-state index in [9.17, 15) is 0 Å². The van der Waals surface area contributed by atoms with Crippen LogP contribution in [0.25, 0.3) is 16.7 Å². The van der Waals surface area contributed by atoms with Crippen LogP contribution in [0.4, 0.5) is 0 Å². The van der Waals surface area contributed by atoms with Crippen molar-refractivity contribution in [2.45, 2.75) is 6.42 Å². The Morgan fingerprint density at radius 3 is 2.70 bits per heavy atom. The zero-order valence-corrected chi connectivity index (χ0v) is 15.3. The Labute approximate surface area is 157 Å². The minimum Gasteiger partial charge on any atom is -0.491 e. The van der Waals surface area contributed by atoms with Crippen molar-refractivity contribution in [1.82, 2.24) is 9.55 Å². The lowest BCUT2D eigenvalue weighted by atomic mass is 10.2. The molecule has 0 fully saturated rings.